The van der Waals surface area contributed by atoms with Crippen LogP contribution in [0.25, 0.3) is 0 Å². The molecule has 1 aliphatic heterocycles. The zero-order valence-corrected chi connectivity index (χ0v) is 14.2. The number of amides is 1. The lowest BCUT2D eigenvalue weighted by atomic mass is 10.1. The molecule has 1 saturated carbocycles. The van der Waals surface area contributed by atoms with Crippen molar-refractivity contribution in [2.45, 2.75) is 44.4 Å². The second kappa shape index (κ2) is 7.49. The quantitative estimate of drug-likeness (QED) is 0.826. The molecule has 0 radical (unpaired) electrons. The molecule has 0 N–H and O–H groups in total. The molecule has 3 atom stereocenters. The monoisotopic (exact) mass is 337 g/mol. The van der Waals surface area contributed by atoms with Gasteiger partial charge in [-0.3, -0.25) is 4.79 Å². The second-order valence-corrected chi connectivity index (χ2v) is 6.19. The lowest BCUT2D eigenvalue weighted by molar-refractivity contribution is -0.150. The minimum Gasteiger partial charge on any atom is -0.496 e. The summed E-state index contributed by atoms with van der Waals surface area (Å²) in [5, 5.41) is 0. The summed E-state index contributed by atoms with van der Waals surface area (Å²) in [5.74, 6) is 0.0620. The molecule has 1 heterocycles. The van der Waals surface area contributed by atoms with E-state index in [9.17, 15) is 9.18 Å². The fourth-order valence-electron chi connectivity index (χ4n) is 3.75. The number of fused-ring (bicyclic) bond motifs is 1. The highest BCUT2D eigenvalue weighted by Gasteiger charge is 2.44. The minimum absolute atomic E-state index is 0.0235. The number of methoxy groups -OCH3 is 1. The van der Waals surface area contributed by atoms with Gasteiger partial charge in [-0.25, -0.2) is 4.39 Å². The number of nitrogens with zero attached hydrogens (tertiary/aromatic N) is 1. The largest absolute Gasteiger partial charge is 0.496 e. The van der Waals surface area contributed by atoms with Crippen molar-refractivity contribution in [3.05, 3.63) is 29.6 Å². The van der Waals surface area contributed by atoms with Crippen molar-refractivity contribution in [3.63, 3.8) is 0 Å². The lowest BCUT2D eigenvalue weighted by Crippen LogP contribution is -2.54. The van der Waals surface area contributed by atoms with Crippen LogP contribution in [0.15, 0.2) is 18.2 Å². The van der Waals surface area contributed by atoms with E-state index in [1.165, 1.54) is 19.2 Å². The van der Waals surface area contributed by atoms with Crippen LogP contribution in [0.5, 0.6) is 5.75 Å². The normalized spacial score (nSPS) is 26.3. The third kappa shape index (κ3) is 3.39. The molecule has 1 saturated heterocycles. The maximum atomic E-state index is 13.3. The third-order valence-corrected chi connectivity index (χ3v) is 4.83. The van der Waals surface area contributed by atoms with Gasteiger partial charge in [-0.05, 0) is 25.8 Å². The number of carbonyl (C=O) groups is 1. The molecule has 3 rings (SSSR count). The van der Waals surface area contributed by atoms with Crippen LogP contribution in [0.3, 0.4) is 0 Å². The maximum absolute atomic E-state index is 13.3. The number of carbonyl (C=O) groups excluding carboxylic acids is 1. The number of morpholine rings is 1. The lowest BCUT2D eigenvalue weighted by Gasteiger charge is -2.39. The Morgan fingerprint density at radius 3 is 3.00 bits per heavy atom. The van der Waals surface area contributed by atoms with Gasteiger partial charge in [0.1, 0.15) is 17.7 Å². The van der Waals surface area contributed by atoms with Crippen LogP contribution in [-0.4, -0.2) is 55.9 Å². The molecule has 5 nitrogen and oxygen atoms in total. The van der Waals surface area contributed by atoms with E-state index in [1.54, 1.807) is 6.07 Å². The van der Waals surface area contributed by atoms with E-state index in [-0.39, 0.29) is 36.4 Å². The maximum Gasteiger partial charge on any atom is 0.227 e. The number of ether oxygens (including phenoxy) is 3. The van der Waals surface area contributed by atoms with E-state index in [4.69, 9.17) is 14.2 Å². The van der Waals surface area contributed by atoms with Gasteiger partial charge in [0.15, 0.2) is 0 Å². The molecule has 6 heteroatoms. The summed E-state index contributed by atoms with van der Waals surface area (Å²) in [4.78, 5) is 14.7. The highest BCUT2D eigenvalue weighted by Crippen LogP contribution is 2.33. The molecule has 0 spiro atoms. The second-order valence-electron chi connectivity index (χ2n) is 6.19. The summed E-state index contributed by atoms with van der Waals surface area (Å²) in [6.45, 7) is 3.73. The van der Waals surface area contributed by atoms with Crippen LogP contribution >= 0.6 is 0 Å². The van der Waals surface area contributed by atoms with Gasteiger partial charge < -0.3 is 19.1 Å². The van der Waals surface area contributed by atoms with Gasteiger partial charge in [0, 0.05) is 24.8 Å². The third-order valence-electron chi connectivity index (χ3n) is 4.83. The molecule has 1 aromatic rings. The van der Waals surface area contributed by atoms with E-state index in [1.807, 2.05) is 11.8 Å². The molecule has 2 fully saturated rings. The molecule has 1 aliphatic carbocycles. The molecular formula is C18H24FNO4. The Hall–Kier alpha value is -1.66. The Labute approximate surface area is 141 Å². The van der Waals surface area contributed by atoms with Crippen molar-refractivity contribution in [1.29, 1.82) is 0 Å². The molecule has 132 valence electrons. The van der Waals surface area contributed by atoms with Gasteiger partial charge in [-0.15, -0.1) is 0 Å². The Kier molecular flexibility index (Phi) is 5.36. The van der Waals surface area contributed by atoms with Crippen molar-refractivity contribution in [2.24, 2.45) is 0 Å². The average molecular weight is 337 g/mol. The first-order valence-corrected chi connectivity index (χ1v) is 8.49. The minimum atomic E-state index is -0.371. The Bertz CT molecular complexity index is 594. The predicted molar refractivity (Wildman–Crippen MR) is 86.5 cm³/mol. The van der Waals surface area contributed by atoms with Gasteiger partial charge >= 0.3 is 0 Å². The smallest absolute Gasteiger partial charge is 0.227 e. The number of benzene rings is 1. The first-order valence-electron chi connectivity index (χ1n) is 8.49. The molecule has 24 heavy (non-hydrogen) atoms. The Morgan fingerprint density at radius 2 is 2.25 bits per heavy atom. The zero-order chi connectivity index (χ0) is 17.1. The highest BCUT2D eigenvalue weighted by molar-refractivity contribution is 5.80. The van der Waals surface area contributed by atoms with E-state index >= 15 is 0 Å². The summed E-state index contributed by atoms with van der Waals surface area (Å²) in [6, 6.07) is 4.34. The zero-order valence-electron chi connectivity index (χ0n) is 14.2. The molecule has 1 amide bonds. The van der Waals surface area contributed by atoms with Gasteiger partial charge in [0.05, 0.1) is 32.3 Å². The van der Waals surface area contributed by atoms with Crippen molar-refractivity contribution in [2.75, 3.05) is 26.9 Å². The van der Waals surface area contributed by atoms with Gasteiger partial charge in [-0.2, -0.15) is 0 Å². The fourth-order valence-corrected chi connectivity index (χ4v) is 3.75. The van der Waals surface area contributed by atoms with E-state index in [0.717, 1.165) is 12.8 Å². The Balaban J connectivity index is 1.71. The first-order chi connectivity index (χ1) is 11.6. The van der Waals surface area contributed by atoms with Crippen molar-refractivity contribution in [3.8, 4) is 5.75 Å². The number of halogens is 1. The van der Waals surface area contributed by atoms with Gasteiger partial charge in [-0.1, -0.05) is 6.07 Å². The average Bonchev–Trinajstić information content (AvgIpc) is 3.00. The topological polar surface area (TPSA) is 48.0 Å². The molecule has 0 unspecified atom stereocenters. The molecule has 1 aromatic carbocycles. The fraction of sp³-hybridized carbons (Fsp3) is 0.611. The molecular weight excluding hydrogens is 313 g/mol. The van der Waals surface area contributed by atoms with Gasteiger partial charge in [0.2, 0.25) is 5.91 Å². The highest BCUT2D eigenvalue weighted by atomic mass is 19.1. The predicted octanol–water partition coefficient (Wildman–Crippen LogP) is 2.17. The van der Waals surface area contributed by atoms with Crippen molar-refractivity contribution >= 4 is 5.91 Å². The van der Waals surface area contributed by atoms with Crippen LogP contribution in [0, 0.1) is 5.82 Å². The molecule has 0 bridgehead atoms. The number of hydrogen-bond donors (Lipinski definition) is 0. The standard InChI is InChI=1S/C18H24FNO4/c1-3-23-15-7-6-14-18(15)24-9-8-20(14)17(21)10-12-4-5-13(19)11-16(12)22-2/h4-5,11,14-15,18H,3,6-10H2,1-2H3/t14-,15+,18+/m0/s1. The van der Waals surface area contributed by atoms with Crippen molar-refractivity contribution in [1.82, 2.24) is 4.90 Å². The summed E-state index contributed by atoms with van der Waals surface area (Å²) < 4.78 is 30.1. The van der Waals surface area contributed by atoms with Crippen LogP contribution in [0.4, 0.5) is 4.39 Å². The summed E-state index contributed by atoms with van der Waals surface area (Å²) in [7, 11) is 1.48. The van der Waals surface area contributed by atoms with Crippen LogP contribution in [-0.2, 0) is 20.7 Å². The first kappa shape index (κ1) is 17.2. The summed E-state index contributed by atoms with van der Waals surface area (Å²) in [6.07, 6.45) is 2.02. The van der Waals surface area contributed by atoms with Gasteiger partial charge in [0.25, 0.3) is 0 Å². The molecule has 2 aliphatic rings. The van der Waals surface area contributed by atoms with Crippen LogP contribution < -0.4 is 4.74 Å². The Morgan fingerprint density at radius 1 is 1.42 bits per heavy atom. The SMILES string of the molecule is CCO[C@@H]1CC[C@H]2[C@H]1OCCN2C(=O)Cc1ccc(F)cc1OC. The van der Waals surface area contributed by atoms with Crippen LogP contribution in [0.2, 0.25) is 0 Å². The number of hydrogen-bond acceptors (Lipinski definition) is 4. The van der Waals surface area contributed by atoms with E-state index in [2.05, 4.69) is 0 Å². The van der Waals surface area contributed by atoms with Crippen LogP contribution in [0.1, 0.15) is 25.3 Å². The van der Waals surface area contributed by atoms with E-state index < -0.39 is 0 Å². The van der Waals surface area contributed by atoms with Crippen molar-refractivity contribution < 1.29 is 23.4 Å². The molecule has 0 aromatic heterocycles. The summed E-state index contributed by atoms with van der Waals surface area (Å²) in [5.41, 5.74) is 0.700. The summed E-state index contributed by atoms with van der Waals surface area (Å²) >= 11 is 0. The number of rotatable bonds is 5. The van der Waals surface area contributed by atoms with E-state index in [0.29, 0.717) is 31.1 Å².